The van der Waals surface area contributed by atoms with Gasteiger partial charge in [0.15, 0.2) is 0 Å². The van der Waals surface area contributed by atoms with Crippen LogP contribution in [0.4, 0.5) is 9.18 Å². The SMILES string of the molecule is Cc1ccc(CN(C)C(=O)NC2CCN(CC(C)C)CC2)cc1F. The van der Waals surface area contributed by atoms with Gasteiger partial charge in [-0.3, -0.25) is 0 Å². The van der Waals surface area contributed by atoms with Crippen LogP contribution in [0.3, 0.4) is 0 Å². The number of hydrogen-bond acceptors (Lipinski definition) is 2. The van der Waals surface area contributed by atoms with Crippen molar-refractivity contribution in [3.8, 4) is 0 Å². The van der Waals surface area contributed by atoms with Gasteiger partial charge >= 0.3 is 6.03 Å². The van der Waals surface area contributed by atoms with Gasteiger partial charge in [0.05, 0.1) is 0 Å². The van der Waals surface area contributed by atoms with Crippen LogP contribution in [0, 0.1) is 18.7 Å². The van der Waals surface area contributed by atoms with E-state index in [9.17, 15) is 9.18 Å². The summed E-state index contributed by atoms with van der Waals surface area (Å²) < 4.78 is 13.6. The summed E-state index contributed by atoms with van der Waals surface area (Å²) in [5.41, 5.74) is 1.43. The van der Waals surface area contributed by atoms with Crippen molar-refractivity contribution in [3.05, 3.63) is 35.1 Å². The monoisotopic (exact) mass is 335 g/mol. The predicted octanol–water partition coefficient (Wildman–Crippen LogP) is 3.40. The van der Waals surface area contributed by atoms with Gasteiger partial charge in [-0.25, -0.2) is 9.18 Å². The number of halogens is 1. The highest BCUT2D eigenvalue weighted by molar-refractivity contribution is 5.74. The number of urea groups is 1. The van der Waals surface area contributed by atoms with Crippen LogP contribution in [0.2, 0.25) is 0 Å². The zero-order valence-corrected chi connectivity index (χ0v) is 15.3. The molecule has 0 aliphatic carbocycles. The van der Waals surface area contributed by atoms with Gasteiger partial charge in [0.2, 0.25) is 0 Å². The number of nitrogens with zero attached hydrogens (tertiary/aromatic N) is 2. The highest BCUT2D eigenvalue weighted by Gasteiger charge is 2.22. The Bertz CT molecular complexity index is 554. The molecule has 0 radical (unpaired) electrons. The molecular formula is C19H30FN3O. The maximum atomic E-state index is 13.6. The van der Waals surface area contributed by atoms with Gasteiger partial charge in [-0.05, 0) is 42.9 Å². The van der Waals surface area contributed by atoms with E-state index in [1.54, 1.807) is 24.9 Å². The maximum Gasteiger partial charge on any atom is 0.317 e. The first-order valence-electron chi connectivity index (χ1n) is 8.84. The number of benzene rings is 1. The lowest BCUT2D eigenvalue weighted by molar-refractivity contribution is 0.167. The first kappa shape index (κ1) is 18.7. The molecule has 0 unspecified atom stereocenters. The van der Waals surface area contributed by atoms with E-state index in [-0.39, 0.29) is 17.9 Å². The van der Waals surface area contributed by atoms with Crippen LogP contribution in [0.1, 0.15) is 37.8 Å². The largest absolute Gasteiger partial charge is 0.335 e. The molecule has 2 amide bonds. The number of nitrogens with one attached hydrogen (secondary N) is 1. The molecule has 0 spiro atoms. The molecule has 1 fully saturated rings. The Kier molecular flexibility index (Phi) is 6.60. The number of aryl methyl sites for hydroxylation is 1. The van der Waals surface area contributed by atoms with Gasteiger partial charge in [0, 0.05) is 39.3 Å². The van der Waals surface area contributed by atoms with Gasteiger partial charge < -0.3 is 15.1 Å². The summed E-state index contributed by atoms with van der Waals surface area (Å²) >= 11 is 0. The molecule has 0 bridgehead atoms. The average molecular weight is 335 g/mol. The zero-order chi connectivity index (χ0) is 17.7. The van der Waals surface area contributed by atoms with Crippen LogP contribution < -0.4 is 5.32 Å². The van der Waals surface area contributed by atoms with Crippen molar-refractivity contribution in [1.82, 2.24) is 15.1 Å². The van der Waals surface area contributed by atoms with Crippen molar-refractivity contribution in [1.29, 1.82) is 0 Å². The lowest BCUT2D eigenvalue weighted by Crippen LogP contribution is -2.48. The highest BCUT2D eigenvalue weighted by Crippen LogP contribution is 2.14. The molecule has 0 aromatic heterocycles. The third-order valence-corrected chi connectivity index (χ3v) is 4.54. The van der Waals surface area contributed by atoms with E-state index in [2.05, 4.69) is 24.1 Å². The Morgan fingerprint density at radius 3 is 2.62 bits per heavy atom. The standard InChI is InChI=1S/C19H30FN3O/c1-14(2)12-23-9-7-17(8-10-23)21-19(24)22(4)13-16-6-5-15(3)18(20)11-16/h5-6,11,14,17H,7-10,12-13H2,1-4H3,(H,21,24). The molecule has 2 rings (SSSR count). The molecule has 5 heteroatoms. The van der Waals surface area contributed by atoms with E-state index < -0.39 is 0 Å². The second-order valence-corrected chi connectivity index (χ2v) is 7.36. The molecule has 4 nitrogen and oxygen atoms in total. The van der Waals surface area contributed by atoms with E-state index in [1.807, 2.05) is 6.07 Å². The molecule has 1 aliphatic rings. The minimum Gasteiger partial charge on any atom is -0.335 e. The Hall–Kier alpha value is -1.62. The van der Waals surface area contributed by atoms with Gasteiger partial charge in [0.1, 0.15) is 5.82 Å². The Morgan fingerprint density at radius 2 is 2.04 bits per heavy atom. The Labute approximate surface area is 145 Å². The minimum absolute atomic E-state index is 0.0849. The van der Waals surface area contributed by atoms with Crippen molar-refractivity contribution in [2.45, 2.75) is 46.2 Å². The zero-order valence-electron chi connectivity index (χ0n) is 15.3. The minimum atomic E-state index is -0.223. The van der Waals surface area contributed by atoms with Gasteiger partial charge in [-0.2, -0.15) is 0 Å². The van der Waals surface area contributed by atoms with Crippen molar-refractivity contribution < 1.29 is 9.18 Å². The number of amides is 2. The van der Waals surface area contributed by atoms with Crippen molar-refractivity contribution in [2.24, 2.45) is 5.92 Å². The maximum absolute atomic E-state index is 13.6. The van der Waals surface area contributed by atoms with Crippen LogP contribution in [0.15, 0.2) is 18.2 Å². The second kappa shape index (κ2) is 8.47. The van der Waals surface area contributed by atoms with Gasteiger partial charge in [-0.15, -0.1) is 0 Å². The third kappa shape index (κ3) is 5.48. The van der Waals surface area contributed by atoms with Crippen molar-refractivity contribution in [2.75, 3.05) is 26.7 Å². The van der Waals surface area contributed by atoms with Crippen LogP contribution in [-0.4, -0.2) is 48.6 Å². The molecule has 0 saturated carbocycles. The third-order valence-electron chi connectivity index (χ3n) is 4.54. The first-order valence-corrected chi connectivity index (χ1v) is 8.84. The van der Waals surface area contributed by atoms with Crippen LogP contribution in [0.5, 0.6) is 0 Å². The van der Waals surface area contributed by atoms with E-state index in [1.165, 1.54) is 6.07 Å². The average Bonchev–Trinajstić information content (AvgIpc) is 2.52. The summed E-state index contributed by atoms with van der Waals surface area (Å²) in [6.45, 7) is 9.81. The summed E-state index contributed by atoms with van der Waals surface area (Å²) in [6, 6.07) is 5.27. The van der Waals surface area contributed by atoms with Crippen LogP contribution in [0.25, 0.3) is 0 Å². The highest BCUT2D eigenvalue weighted by atomic mass is 19.1. The number of hydrogen-bond donors (Lipinski definition) is 1. The molecule has 134 valence electrons. The summed E-state index contributed by atoms with van der Waals surface area (Å²) in [6.07, 6.45) is 1.98. The normalized spacial score (nSPS) is 16.4. The van der Waals surface area contributed by atoms with Gasteiger partial charge in [-0.1, -0.05) is 26.0 Å². The smallest absolute Gasteiger partial charge is 0.317 e. The van der Waals surface area contributed by atoms with Crippen LogP contribution in [-0.2, 0) is 6.54 Å². The number of likely N-dealkylation sites (tertiary alicyclic amines) is 1. The number of rotatable bonds is 5. The van der Waals surface area contributed by atoms with E-state index in [0.29, 0.717) is 18.0 Å². The predicted molar refractivity (Wildman–Crippen MR) is 95.4 cm³/mol. The molecule has 1 heterocycles. The quantitative estimate of drug-likeness (QED) is 0.895. The molecule has 1 aromatic rings. The molecule has 1 N–H and O–H groups in total. The summed E-state index contributed by atoms with van der Waals surface area (Å²) in [5, 5.41) is 3.11. The van der Waals surface area contributed by atoms with E-state index >= 15 is 0 Å². The second-order valence-electron chi connectivity index (χ2n) is 7.36. The number of carbonyl (C=O) groups excluding carboxylic acids is 1. The molecular weight excluding hydrogens is 305 g/mol. The first-order chi connectivity index (χ1) is 11.3. The molecule has 1 aromatic carbocycles. The number of piperidine rings is 1. The fourth-order valence-corrected chi connectivity index (χ4v) is 3.14. The van der Waals surface area contributed by atoms with E-state index in [4.69, 9.17) is 0 Å². The molecule has 1 aliphatic heterocycles. The molecule has 0 atom stereocenters. The number of carbonyl (C=O) groups is 1. The summed E-state index contributed by atoms with van der Waals surface area (Å²) in [5.74, 6) is 0.455. The Balaban J connectivity index is 1.78. The lowest BCUT2D eigenvalue weighted by Gasteiger charge is -2.34. The van der Waals surface area contributed by atoms with Crippen LogP contribution >= 0.6 is 0 Å². The fraction of sp³-hybridized carbons (Fsp3) is 0.632. The molecule has 24 heavy (non-hydrogen) atoms. The van der Waals surface area contributed by atoms with Crippen molar-refractivity contribution >= 4 is 6.03 Å². The summed E-state index contributed by atoms with van der Waals surface area (Å²) in [7, 11) is 1.75. The van der Waals surface area contributed by atoms with E-state index in [0.717, 1.165) is 38.0 Å². The summed E-state index contributed by atoms with van der Waals surface area (Å²) in [4.78, 5) is 16.4. The molecule has 1 saturated heterocycles. The Morgan fingerprint density at radius 1 is 1.38 bits per heavy atom. The fourth-order valence-electron chi connectivity index (χ4n) is 3.14. The van der Waals surface area contributed by atoms with Gasteiger partial charge in [0.25, 0.3) is 0 Å². The van der Waals surface area contributed by atoms with Crippen molar-refractivity contribution in [3.63, 3.8) is 0 Å². The lowest BCUT2D eigenvalue weighted by atomic mass is 10.0. The topological polar surface area (TPSA) is 35.6 Å².